The van der Waals surface area contributed by atoms with E-state index in [0.29, 0.717) is 6.42 Å². The molecule has 6 heteroatoms. The van der Waals surface area contributed by atoms with Gasteiger partial charge in [0.05, 0.1) is 13.0 Å². The first-order valence-electron chi connectivity index (χ1n) is 6.04. The molecule has 1 atom stereocenters. The van der Waals surface area contributed by atoms with Gasteiger partial charge in [0.2, 0.25) is 5.91 Å². The summed E-state index contributed by atoms with van der Waals surface area (Å²) in [5.41, 5.74) is 0. The number of hydrogen-bond donors (Lipinski definition) is 2. The van der Waals surface area contributed by atoms with Crippen molar-refractivity contribution >= 4 is 17.8 Å². The van der Waals surface area contributed by atoms with E-state index < -0.39 is 23.9 Å². The van der Waals surface area contributed by atoms with Gasteiger partial charge in [-0.1, -0.05) is 13.8 Å². The second-order valence-corrected chi connectivity index (χ2v) is 4.39. The quantitative estimate of drug-likeness (QED) is 0.633. The van der Waals surface area contributed by atoms with Crippen LogP contribution in [-0.2, 0) is 19.1 Å². The molecule has 1 amide bonds. The molecule has 0 aromatic carbocycles. The molecule has 1 unspecified atom stereocenters. The summed E-state index contributed by atoms with van der Waals surface area (Å²) >= 11 is 0. The van der Waals surface area contributed by atoms with Crippen LogP contribution >= 0.6 is 0 Å². The molecule has 104 valence electrons. The first kappa shape index (κ1) is 16.4. The minimum absolute atomic E-state index is 0.0340. The highest BCUT2D eigenvalue weighted by atomic mass is 16.5. The van der Waals surface area contributed by atoms with Gasteiger partial charge in [-0.3, -0.25) is 9.59 Å². The maximum absolute atomic E-state index is 11.5. The Morgan fingerprint density at radius 2 is 1.83 bits per heavy atom. The number of carbonyl (C=O) groups is 3. The zero-order valence-electron chi connectivity index (χ0n) is 11.1. The fourth-order valence-corrected chi connectivity index (χ4v) is 1.41. The van der Waals surface area contributed by atoms with Crippen molar-refractivity contribution in [2.45, 2.75) is 46.1 Å². The summed E-state index contributed by atoms with van der Waals surface area (Å²) in [5, 5.41) is 11.3. The highest BCUT2D eigenvalue weighted by Gasteiger charge is 2.21. The summed E-state index contributed by atoms with van der Waals surface area (Å²) in [6.45, 7) is 5.70. The van der Waals surface area contributed by atoms with Crippen LogP contribution in [0.1, 0.15) is 40.0 Å². The molecule has 0 aromatic heterocycles. The third kappa shape index (κ3) is 7.65. The van der Waals surface area contributed by atoms with Gasteiger partial charge in [0.15, 0.2) is 0 Å². The number of carboxylic acids is 1. The van der Waals surface area contributed by atoms with E-state index in [0.717, 1.165) is 0 Å². The lowest BCUT2D eigenvalue weighted by atomic mass is 10.0. The summed E-state index contributed by atoms with van der Waals surface area (Å²) < 4.78 is 4.67. The largest absolute Gasteiger partial charge is 0.480 e. The van der Waals surface area contributed by atoms with Gasteiger partial charge in [0, 0.05) is 6.42 Å². The van der Waals surface area contributed by atoms with Gasteiger partial charge in [0.25, 0.3) is 0 Å². The monoisotopic (exact) mass is 259 g/mol. The standard InChI is InChI=1S/C12H21NO5/c1-4-18-11(15)6-5-10(14)13-9(12(16)17)7-8(2)3/h8-9H,4-7H2,1-3H3,(H,13,14)(H,16,17). The Morgan fingerprint density at radius 1 is 1.22 bits per heavy atom. The molecule has 0 aromatic rings. The third-order valence-corrected chi connectivity index (χ3v) is 2.20. The topological polar surface area (TPSA) is 92.7 Å². The van der Waals surface area contributed by atoms with Crippen molar-refractivity contribution in [2.75, 3.05) is 6.61 Å². The Bertz CT molecular complexity index is 301. The molecule has 0 aliphatic carbocycles. The molecule has 0 bridgehead atoms. The summed E-state index contributed by atoms with van der Waals surface area (Å²) in [6, 6.07) is -0.903. The zero-order valence-corrected chi connectivity index (χ0v) is 11.1. The van der Waals surface area contributed by atoms with Gasteiger partial charge in [0.1, 0.15) is 6.04 Å². The van der Waals surface area contributed by atoms with Crippen molar-refractivity contribution < 1.29 is 24.2 Å². The molecule has 0 rings (SSSR count). The average Bonchev–Trinajstić information content (AvgIpc) is 2.25. The van der Waals surface area contributed by atoms with E-state index in [1.54, 1.807) is 6.92 Å². The molecule has 0 saturated heterocycles. The van der Waals surface area contributed by atoms with Crippen molar-refractivity contribution in [1.82, 2.24) is 5.32 Å². The fourth-order valence-electron chi connectivity index (χ4n) is 1.41. The van der Waals surface area contributed by atoms with Crippen molar-refractivity contribution in [1.29, 1.82) is 0 Å². The molecule has 0 radical (unpaired) electrons. The minimum atomic E-state index is -1.06. The van der Waals surface area contributed by atoms with Crippen molar-refractivity contribution in [3.8, 4) is 0 Å². The van der Waals surface area contributed by atoms with Gasteiger partial charge in [-0.05, 0) is 19.3 Å². The SMILES string of the molecule is CCOC(=O)CCC(=O)NC(CC(C)C)C(=O)O. The smallest absolute Gasteiger partial charge is 0.326 e. The normalized spacial score (nSPS) is 12.0. The number of esters is 1. The molecular weight excluding hydrogens is 238 g/mol. The van der Waals surface area contributed by atoms with Crippen LogP contribution in [0.3, 0.4) is 0 Å². The Kier molecular flexibility index (Phi) is 7.74. The highest BCUT2D eigenvalue weighted by Crippen LogP contribution is 2.05. The molecule has 0 spiro atoms. The number of nitrogens with one attached hydrogen (secondary N) is 1. The molecular formula is C12H21NO5. The van der Waals surface area contributed by atoms with Crippen LogP contribution in [0, 0.1) is 5.92 Å². The number of hydrogen-bond acceptors (Lipinski definition) is 4. The average molecular weight is 259 g/mol. The van der Waals surface area contributed by atoms with E-state index in [9.17, 15) is 14.4 Å². The number of rotatable bonds is 8. The fraction of sp³-hybridized carbons (Fsp3) is 0.750. The molecule has 18 heavy (non-hydrogen) atoms. The van der Waals surface area contributed by atoms with Gasteiger partial charge in [-0.15, -0.1) is 0 Å². The van der Waals surface area contributed by atoms with E-state index in [4.69, 9.17) is 5.11 Å². The third-order valence-electron chi connectivity index (χ3n) is 2.20. The first-order chi connectivity index (χ1) is 8.36. The number of carboxylic acid groups (broad SMARTS) is 1. The van der Waals surface area contributed by atoms with E-state index in [2.05, 4.69) is 10.1 Å². The Morgan fingerprint density at radius 3 is 2.28 bits per heavy atom. The van der Waals surface area contributed by atoms with Gasteiger partial charge < -0.3 is 15.2 Å². The molecule has 0 aliphatic rings. The lowest BCUT2D eigenvalue weighted by molar-refractivity contribution is -0.145. The van der Waals surface area contributed by atoms with Gasteiger partial charge in [-0.25, -0.2) is 4.79 Å². The number of amides is 1. The van der Waals surface area contributed by atoms with E-state index in [-0.39, 0.29) is 25.4 Å². The Balaban J connectivity index is 4.10. The second-order valence-electron chi connectivity index (χ2n) is 4.39. The van der Waals surface area contributed by atoms with E-state index in [1.807, 2.05) is 13.8 Å². The van der Waals surface area contributed by atoms with Crippen LogP contribution in [0.25, 0.3) is 0 Å². The van der Waals surface area contributed by atoms with Crippen LogP contribution in [0.2, 0.25) is 0 Å². The number of carbonyl (C=O) groups excluding carboxylic acids is 2. The first-order valence-corrected chi connectivity index (χ1v) is 6.04. The van der Waals surface area contributed by atoms with Crippen molar-refractivity contribution in [2.24, 2.45) is 5.92 Å². The lowest BCUT2D eigenvalue weighted by Gasteiger charge is -2.16. The van der Waals surface area contributed by atoms with E-state index in [1.165, 1.54) is 0 Å². The van der Waals surface area contributed by atoms with Crippen LogP contribution in [-0.4, -0.2) is 35.6 Å². The van der Waals surface area contributed by atoms with Gasteiger partial charge in [-0.2, -0.15) is 0 Å². The van der Waals surface area contributed by atoms with Crippen LogP contribution in [0.4, 0.5) is 0 Å². The lowest BCUT2D eigenvalue weighted by Crippen LogP contribution is -2.41. The van der Waals surface area contributed by atoms with Crippen molar-refractivity contribution in [3.05, 3.63) is 0 Å². The second kappa shape index (κ2) is 8.49. The molecule has 6 nitrogen and oxygen atoms in total. The number of aliphatic carboxylic acids is 1. The van der Waals surface area contributed by atoms with Crippen LogP contribution in [0.5, 0.6) is 0 Å². The summed E-state index contributed by atoms with van der Waals surface area (Å²) in [7, 11) is 0. The minimum Gasteiger partial charge on any atom is -0.480 e. The van der Waals surface area contributed by atoms with E-state index >= 15 is 0 Å². The predicted molar refractivity (Wildman–Crippen MR) is 64.9 cm³/mol. The maximum atomic E-state index is 11.5. The number of ether oxygens (including phenoxy) is 1. The highest BCUT2D eigenvalue weighted by molar-refractivity contribution is 5.85. The summed E-state index contributed by atoms with van der Waals surface area (Å²) in [5.74, 6) is -1.80. The Labute approximate surface area is 107 Å². The molecule has 0 saturated carbocycles. The Hall–Kier alpha value is -1.59. The summed E-state index contributed by atoms with van der Waals surface area (Å²) in [6.07, 6.45) is 0.273. The molecule has 2 N–H and O–H groups in total. The summed E-state index contributed by atoms with van der Waals surface area (Å²) in [4.78, 5) is 33.4. The zero-order chi connectivity index (χ0) is 14.1. The molecule has 0 fully saturated rings. The predicted octanol–water partition coefficient (Wildman–Crippen LogP) is 0.945. The van der Waals surface area contributed by atoms with Crippen molar-refractivity contribution in [3.63, 3.8) is 0 Å². The maximum Gasteiger partial charge on any atom is 0.326 e. The molecule has 0 aliphatic heterocycles. The van der Waals surface area contributed by atoms with Crippen LogP contribution < -0.4 is 5.32 Å². The van der Waals surface area contributed by atoms with Gasteiger partial charge >= 0.3 is 11.9 Å². The van der Waals surface area contributed by atoms with Crippen LogP contribution in [0.15, 0.2) is 0 Å². The molecule has 0 heterocycles.